The van der Waals surface area contributed by atoms with Gasteiger partial charge < -0.3 is 15.0 Å². The number of phenolic OH excluding ortho intramolecular Hbond substituents is 1. The highest BCUT2D eigenvalue weighted by atomic mass is 16.3. The van der Waals surface area contributed by atoms with Crippen LogP contribution in [0.5, 0.6) is 5.75 Å². The Morgan fingerprint density at radius 1 is 1.29 bits per heavy atom. The van der Waals surface area contributed by atoms with Crippen molar-refractivity contribution in [3.05, 3.63) is 30.0 Å². The van der Waals surface area contributed by atoms with Crippen LogP contribution in [-0.2, 0) is 6.54 Å². The molecule has 14 heavy (non-hydrogen) atoms. The Hall–Kier alpha value is -1.48. The summed E-state index contributed by atoms with van der Waals surface area (Å²) in [5, 5.41) is 11.0. The van der Waals surface area contributed by atoms with Crippen molar-refractivity contribution in [2.24, 2.45) is 0 Å². The predicted molar refractivity (Wildman–Crippen MR) is 57.4 cm³/mol. The molecule has 0 aliphatic carbocycles. The number of nitrogens with one attached hydrogen (secondary N) is 1. The van der Waals surface area contributed by atoms with E-state index in [2.05, 4.69) is 4.98 Å². The molecule has 0 spiro atoms. The summed E-state index contributed by atoms with van der Waals surface area (Å²) in [4.78, 5) is 5.06. The Labute approximate surface area is 83.0 Å². The van der Waals surface area contributed by atoms with Crippen molar-refractivity contribution in [2.45, 2.75) is 6.54 Å². The second-order valence-electron chi connectivity index (χ2n) is 3.75. The first-order valence-electron chi connectivity index (χ1n) is 4.61. The fourth-order valence-corrected chi connectivity index (χ4v) is 1.62. The Balaban J connectivity index is 2.51. The van der Waals surface area contributed by atoms with Gasteiger partial charge in [-0.3, -0.25) is 0 Å². The number of hydrogen-bond acceptors (Lipinski definition) is 2. The molecular weight excluding hydrogens is 176 g/mol. The van der Waals surface area contributed by atoms with Gasteiger partial charge in [0.2, 0.25) is 0 Å². The highest BCUT2D eigenvalue weighted by molar-refractivity contribution is 5.86. The third-order valence-electron chi connectivity index (χ3n) is 2.27. The van der Waals surface area contributed by atoms with Crippen LogP contribution in [0.1, 0.15) is 5.56 Å². The molecule has 0 saturated heterocycles. The van der Waals surface area contributed by atoms with Crippen LogP contribution in [0.15, 0.2) is 24.4 Å². The number of aromatic amines is 1. The summed E-state index contributed by atoms with van der Waals surface area (Å²) in [6, 6.07) is 5.93. The first-order valence-corrected chi connectivity index (χ1v) is 4.61. The maximum Gasteiger partial charge on any atom is 0.144 e. The van der Waals surface area contributed by atoms with Gasteiger partial charge in [-0.15, -0.1) is 0 Å². The van der Waals surface area contributed by atoms with Gasteiger partial charge in [-0.05, 0) is 20.2 Å². The summed E-state index contributed by atoms with van der Waals surface area (Å²) in [7, 11) is 3.97. The highest BCUT2D eigenvalue weighted by Gasteiger charge is 2.07. The van der Waals surface area contributed by atoms with E-state index in [1.165, 1.54) is 0 Å². The number of H-pyrrole nitrogens is 1. The third kappa shape index (κ3) is 1.46. The molecule has 3 nitrogen and oxygen atoms in total. The number of aromatic nitrogens is 1. The molecule has 0 amide bonds. The molecule has 1 aromatic carbocycles. The molecular formula is C11H14N2O. The molecule has 0 aliphatic rings. The lowest BCUT2D eigenvalue weighted by molar-refractivity contribution is 0.387. The van der Waals surface area contributed by atoms with Gasteiger partial charge in [0.25, 0.3) is 0 Å². The predicted octanol–water partition coefficient (Wildman–Crippen LogP) is 1.94. The monoisotopic (exact) mass is 190 g/mol. The minimum absolute atomic E-state index is 0.362. The van der Waals surface area contributed by atoms with Gasteiger partial charge in [0.1, 0.15) is 5.75 Å². The standard InChI is InChI=1S/C11H14N2O/c1-13(2)7-9-4-3-8-5-6-12-10(8)11(9)14/h3-6,12,14H,7H2,1-2H3. The molecule has 74 valence electrons. The lowest BCUT2D eigenvalue weighted by atomic mass is 10.1. The second kappa shape index (κ2) is 3.35. The Bertz CT molecular complexity index is 445. The number of hydrogen-bond donors (Lipinski definition) is 2. The number of nitrogens with zero attached hydrogens (tertiary/aromatic N) is 1. The van der Waals surface area contributed by atoms with E-state index in [4.69, 9.17) is 0 Å². The van der Waals surface area contributed by atoms with E-state index in [9.17, 15) is 5.11 Å². The molecule has 0 atom stereocenters. The number of rotatable bonds is 2. The molecule has 1 heterocycles. The SMILES string of the molecule is CN(C)Cc1ccc2cc[nH]c2c1O. The van der Waals surface area contributed by atoms with Crippen molar-refractivity contribution in [3.8, 4) is 5.75 Å². The molecule has 0 bridgehead atoms. The highest BCUT2D eigenvalue weighted by Crippen LogP contribution is 2.27. The smallest absolute Gasteiger partial charge is 0.144 e. The second-order valence-corrected chi connectivity index (χ2v) is 3.75. The van der Waals surface area contributed by atoms with Crippen LogP contribution in [0.3, 0.4) is 0 Å². The van der Waals surface area contributed by atoms with E-state index in [1.807, 2.05) is 43.4 Å². The number of benzene rings is 1. The average molecular weight is 190 g/mol. The van der Waals surface area contributed by atoms with Crippen molar-refractivity contribution in [2.75, 3.05) is 14.1 Å². The molecule has 3 heteroatoms. The molecule has 1 aromatic heterocycles. The van der Waals surface area contributed by atoms with Gasteiger partial charge in [-0.1, -0.05) is 12.1 Å². The van der Waals surface area contributed by atoms with Crippen molar-refractivity contribution in [1.29, 1.82) is 0 Å². The number of aromatic hydroxyl groups is 1. The molecule has 0 fully saturated rings. The van der Waals surface area contributed by atoms with E-state index < -0.39 is 0 Å². The zero-order valence-corrected chi connectivity index (χ0v) is 8.41. The fraction of sp³-hybridized carbons (Fsp3) is 0.273. The van der Waals surface area contributed by atoms with Crippen LogP contribution in [0.25, 0.3) is 10.9 Å². The largest absolute Gasteiger partial charge is 0.505 e. The Kier molecular flexibility index (Phi) is 2.17. The normalized spacial score (nSPS) is 11.4. The maximum absolute atomic E-state index is 9.93. The summed E-state index contributed by atoms with van der Waals surface area (Å²) < 4.78 is 0. The van der Waals surface area contributed by atoms with E-state index in [0.29, 0.717) is 5.75 Å². The molecule has 0 unspecified atom stereocenters. The summed E-state index contributed by atoms with van der Waals surface area (Å²) in [5.41, 5.74) is 1.77. The minimum Gasteiger partial charge on any atom is -0.505 e. The summed E-state index contributed by atoms with van der Waals surface area (Å²) in [6.07, 6.45) is 1.84. The molecule has 0 aliphatic heterocycles. The first kappa shape index (κ1) is 9.09. The quantitative estimate of drug-likeness (QED) is 0.759. The minimum atomic E-state index is 0.362. The fourth-order valence-electron chi connectivity index (χ4n) is 1.62. The molecule has 0 radical (unpaired) electrons. The van der Waals surface area contributed by atoms with Crippen molar-refractivity contribution >= 4 is 10.9 Å². The molecule has 2 aromatic rings. The topological polar surface area (TPSA) is 39.3 Å². The van der Waals surface area contributed by atoms with Gasteiger partial charge >= 0.3 is 0 Å². The first-order chi connectivity index (χ1) is 6.68. The molecule has 2 rings (SSSR count). The molecule has 0 saturated carbocycles. The summed E-state index contributed by atoms with van der Waals surface area (Å²) >= 11 is 0. The van der Waals surface area contributed by atoms with Gasteiger partial charge in [-0.2, -0.15) is 0 Å². The Morgan fingerprint density at radius 2 is 2.07 bits per heavy atom. The van der Waals surface area contributed by atoms with Crippen LogP contribution in [-0.4, -0.2) is 29.1 Å². The van der Waals surface area contributed by atoms with Gasteiger partial charge in [0.15, 0.2) is 0 Å². The van der Waals surface area contributed by atoms with E-state index >= 15 is 0 Å². The lowest BCUT2D eigenvalue weighted by Crippen LogP contribution is -2.10. The van der Waals surface area contributed by atoms with Crippen LogP contribution >= 0.6 is 0 Å². The summed E-state index contributed by atoms with van der Waals surface area (Å²) in [5.74, 6) is 0.362. The van der Waals surface area contributed by atoms with Gasteiger partial charge in [0.05, 0.1) is 5.52 Å². The summed E-state index contributed by atoms with van der Waals surface area (Å²) in [6.45, 7) is 0.751. The van der Waals surface area contributed by atoms with Crippen molar-refractivity contribution in [3.63, 3.8) is 0 Å². The average Bonchev–Trinajstić information content (AvgIpc) is 2.57. The van der Waals surface area contributed by atoms with Crippen LogP contribution in [0.2, 0.25) is 0 Å². The zero-order chi connectivity index (χ0) is 10.1. The van der Waals surface area contributed by atoms with E-state index in [0.717, 1.165) is 23.0 Å². The van der Waals surface area contributed by atoms with E-state index in [1.54, 1.807) is 0 Å². The van der Waals surface area contributed by atoms with Crippen LogP contribution < -0.4 is 0 Å². The van der Waals surface area contributed by atoms with Crippen molar-refractivity contribution in [1.82, 2.24) is 9.88 Å². The Morgan fingerprint density at radius 3 is 2.79 bits per heavy atom. The zero-order valence-electron chi connectivity index (χ0n) is 8.41. The number of phenols is 1. The lowest BCUT2D eigenvalue weighted by Gasteiger charge is -2.11. The van der Waals surface area contributed by atoms with E-state index in [-0.39, 0.29) is 0 Å². The molecule has 2 N–H and O–H groups in total. The van der Waals surface area contributed by atoms with Gasteiger partial charge in [0, 0.05) is 23.7 Å². The van der Waals surface area contributed by atoms with Crippen LogP contribution in [0, 0.1) is 0 Å². The number of fused-ring (bicyclic) bond motifs is 1. The van der Waals surface area contributed by atoms with Crippen LogP contribution in [0.4, 0.5) is 0 Å². The third-order valence-corrected chi connectivity index (χ3v) is 2.27. The van der Waals surface area contributed by atoms with Gasteiger partial charge in [-0.25, -0.2) is 0 Å². The van der Waals surface area contributed by atoms with Crippen molar-refractivity contribution < 1.29 is 5.11 Å². The maximum atomic E-state index is 9.93.